The smallest absolute Gasteiger partial charge is 0.233 e. The quantitative estimate of drug-likeness (QED) is 0.830. The van der Waals surface area contributed by atoms with Gasteiger partial charge in [0, 0.05) is 24.4 Å². The summed E-state index contributed by atoms with van der Waals surface area (Å²) in [6.45, 7) is 1.90. The molecule has 2 aromatic heterocycles. The number of aromatic nitrogens is 3. The average molecular weight is 322 g/mol. The summed E-state index contributed by atoms with van der Waals surface area (Å²) in [7, 11) is 1.66. The summed E-state index contributed by atoms with van der Waals surface area (Å²) in [5.41, 5.74) is 0. The van der Waals surface area contributed by atoms with Gasteiger partial charge >= 0.3 is 0 Å². The van der Waals surface area contributed by atoms with Crippen LogP contribution in [0.15, 0.2) is 22.7 Å². The van der Waals surface area contributed by atoms with Gasteiger partial charge in [-0.25, -0.2) is 0 Å². The Morgan fingerprint density at radius 3 is 3.00 bits per heavy atom. The molecule has 1 unspecified atom stereocenters. The van der Waals surface area contributed by atoms with Gasteiger partial charge in [-0.05, 0) is 31.2 Å². The molecule has 1 amide bonds. The molecule has 1 atom stereocenters. The Labute approximate surface area is 132 Å². The van der Waals surface area contributed by atoms with Gasteiger partial charge in [0.25, 0.3) is 0 Å². The van der Waals surface area contributed by atoms with Gasteiger partial charge in [-0.1, -0.05) is 17.8 Å². The van der Waals surface area contributed by atoms with E-state index in [-0.39, 0.29) is 11.2 Å². The molecule has 1 fully saturated rings. The van der Waals surface area contributed by atoms with Crippen LogP contribution in [0, 0.1) is 0 Å². The first-order chi connectivity index (χ1) is 10.2. The Morgan fingerprint density at radius 1 is 1.57 bits per heavy atom. The molecule has 2 heterocycles. The zero-order valence-corrected chi connectivity index (χ0v) is 13.7. The maximum absolute atomic E-state index is 11.7. The molecule has 2 aromatic rings. The Morgan fingerprint density at radius 2 is 2.38 bits per heavy atom. The van der Waals surface area contributed by atoms with E-state index in [1.54, 1.807) is 18.4 Å². The van der Waals surface area contributed by atoms with Gasteiger partial charge in [-0.15, -0.1) is 21.5 Å². The van der Waals surface area contributed by atoms with Gasteiger partial charge in [-0.3, -0.25) is 4.79 Å². The summed E-state index contributed by atoms with van der Waals surface area (Å²) < 4.78 is 2.23. The molecule has 0 spiro atoms. The molecule has 3 rings (SSSR count). The minimum Gasteiger partial charge on any atom is -0.358 e. The van der Waals surface area contributed by atoms with Crippen LogP contribution in [-0.2, 0) is 11.2 Å². The van der Waals surface area contributed by atoms with E-state index in [4.69, 9.17) is 0 Å². The van der Waals surface area contributed by atoms with E-state index in [9.17, 15) is 4.79 Å². The van der Waals surface area contributed by atoms with E-state index in [0.29, 0.717) is 6.04 Å². The number of hydrogen-bond acceptors (Lipinski definition) is 5. The molecule has 112 valence electrons. The lowest BCUT2D eigenvalue weighted by atomic mass is 10.3. The van der Waals surface area contributed by atoms with Gasteiger partial charge in [0.1, 0.15) is 5.82 Å². The number of amides is 1. The van der Waals surface area contributed by atoms with Crippen LogP contribution in [-0.4, -0.2) is 33.0 Å². The molecule has 1 saturated carbocycles. The first kappa shape index (κ1) is 14.6. The summed E-state index contributed by atoms with van der Waals surface area (Å²) in [4.78, 5) is 13.0. The van der Waals surface area contributed by atoms with Crippen molar-refractivity contribution in [1.82, 2.24) is 20.1 Å². The maximum atomic E-state index is 11.7. The number of nitrogens with one attached hydrogen (secondary N) is 1. The van der Waals surface area contributed by atoms with E-state index in [2.05, 4.69) is 37.6 Å². The van der Waals surface area contributed by atoms with Crippen LogP contribution in [0.1, 0.15) is 36.5 Å². The summed E-state index contributed by atoms with van der Waals surface area (Å²) in [6.07, 6.45) is 3.17. The number of carbonyl (C=O) groups excluding carboxylic acids is 1. The van der Waals surface area contributed by atoms with Crippen LogP contribution in [0.25, 0.3) is 0 Å². The maximum Gasteiger partial charge on any atom is 0.233 e. The predicted octanol–water partition coefficient (Wildman–Crippen LogP) is 2.49. The second-order valence-corrected chi connectivity index (χ2v) is 7.47. The van der Waals surface area contributed by atoms with Crippen molar-refractivity contribution in [3.8, 4) is 0 Å². The third kappa shape index (κ3) is 3.29. The van der Waals surface area contributed by atoms with E-state index >= 15 is 0 Å². The minimum absolute atomic E-state index is 0.0187. The molecule has 7 heteroatoms. The van der Waals surface area contributed by atoms with Crippen molar-refractivity contribution < 1.29 is 4.79 Å². The number of thiophene rings is 1. The molecule has 0 radical (unpaired) electrons. The molecule has 0 aromatic carbocycles. The Balaban J connectivity index is 1.81. The third-order valence-corrected chi connectivity index (χ3v) is 5.39. The zero-order chi connectivity index (χ0) is 14.8. The fourth-order valence-corrected chi connectivity index (χ4v) is 3.89. The second-order valence-electron chi connectivity index (χ2n) is 5.13. The summed E-state index contributed by atoms with van der Waals surface area (Å²) >= 11 is 3.22. The molecule has 0 aliphatic heterocycles. The highest BCUT2D eigenvalue weighted by Gasteiger charge is 2.30. The molecule has 1 N–H and O–H groups in total. The molecular weight excluding hydrogens is 304 g/mol. The van der Waals surface area contributed by atoms with E-state index < -0.39 is 0 Å². The molecular formula is C14H18N4OS2. The summed E-state index contributed by atoms with van der Waals surface area (Å²) in [6, 6.07) is 4.69. The Bertz CT molecular complexity index is 619. The molecule has 5 nitrogen and oxygen atoms in total. The predicted molar refractivity (Wildman–Crippen MR) is 84.8 cm³/mol. The van der Waals surface area contributed by atoms with Crippen molar-refractivity contribution >= 4 is 29.0 Å². The van der Waals surface area contributed by atoms with Gasteiger partial charge in [0.2, 0.25) is 5.91 Å². The monoisotopic (exact) mass is 322 g/mol. The van der Waals surface area contributed by atoms with Gasteiger partial charge in [0.15, 0.2) is 5.16 Å². The molecule has 21 heavy (non-hydrogen) atoms. The summed E-state index contributed by atoms with van der Waals surface area (Å²) in [5.74, 6) is 1.02. The molecule has 0 saturated heterocycles. The lowest BCUT2D eigenvalue weighted by Crippen LogP contribution is -2.27. The van der Waals surface area contributed by atoms with Crippen LogP contribution in [0.5, 0.6) is 0 Å². The fourth-order valence-electron chi connectivity index (χ4n) is 2.19. The Kier molecular flexibility index (Phi) is 4.30. The minimum atomic E-state index is -0.161. The number of thioether (sulfide) groups is 1. The average Bonchev–Trinajstić information content (AvgIpc) is 3.04. The van der Waals surface area contributed by atoms with Gasteiger partial charge in [-0.2, -0.15) is 0 Å². The fraction of sp³-hybridized carbons (Fsp3) is 0.500. The first-order valence-corrected chi connectivity index (χ1v) is 8.79. The van der Waals surface area contributed by atoms with E-state index in [0.717, 1.165) is 17.4 Å². The Hall–Kier alpha value is -1.34. The van der Waals surface area contributed by atoms with Crippen LogP contribution in [0.2, 0.25) is 0 Å². The van der Waals surface area contributed by atoms with Crippen molar-refractivity contribution in [3.63, 3.8) is 0 Å². The van der Waals surface area contributed by atoms with Crippen LogP contribution < -0.4 is 5.32 Å². The first-order valence-electron chi connectivity index (χ1n) is 7.03. The molecule has 1 aliphatic carbocycles. The van der Waals surface area contributed by atoms with Crippen LogP contribution >= 0.6 is 23.1 Å². The van der Waals surface area contributed by atoms with Crippen LogP contribution in [0.4, 0.5) is 0 Å². The number of nitrogens with zero attached hydrogens (tertiary/aromatic N) is 3. The van der Waals surface area contributed by atoms with Gasteiger partial charge in [0.05, 0.1) is 5.25 Å². The van der Waals surface area contributed by atoms with Gasteiger partial charge < -0.3 is 9.88 Å². The number of carbonyl (C=O) groups is 1. The van der Waals surface area contributed by atoms with E-state index in [1.807, 2.05) is 6.92 Å². The van der Waals surface area contributed by atoms with Crippen molar-refractivity contribution in [2.45, 2.75) is 42.6 Å². The molecule has 0 bridgehead atoms. The molecule has 1 aliphatic rings. The van der Waals surface area contributed by atoms with E-state index in [1.165, 1.54) is 29.5 Å². The largest absolute Gasteiger partial charge is 0.358 e. The van der Waals surface area contributed by atoms with Crippen LogP contribution in [0.3, 0.4) is 0 Å². The highest BCUT2D eigenvalue weighted by Crippen LogP contribution is 2.40. The zero-order valence-electron chi connectivity index (χ0n) is 12.1. The van der Waals surface area contributed by atoms with Crippen molar-refractivity contribution in [2.24, 2.45) is 0 Å². The topological polar surface area (TPSA) is 59.8 Å². The summed E-state index contributed by atoms with van der Waals surface area (Å²) in [5, 5.41) is 14.1. The highest BCUT2D eigenvalue weighted by molar-refractivity contribution is 8.00. The lowest BCUT2D eigenvalue weighted by molar-refractivity contribution is -0.119. The number of hydrogen-bond donors (Lipinski definition) is 1. The highest BCUT2D eigenvalue weighted by atomic mass is 32.2. The van der Waals surface area contributed by atoms with Crippen molar-refractivity contribution in [2.75, 3.05) is 7.05 Å². The third-order valence-electron chi connectivity index (χ3n) is 3.46. The lowest BCUT2D eigenvalue weighted by Gasteiger charge is -2.11. The number of rotatable bonds is 6. The second kappa shape index (κ2) is 6.19. The van der Waals surface area contributed by atoms with Crippen molar-refractivity contribution in [1.29, 1.82) is 0 Å². The standard InChI is InChI=1S/C14H18N4OS2/c1-9(13(19)15-2)21-14-17-16-12(18(14)10-5-6-10)8-11-4-3-7-20-11/h3-4,7,9-10H,5-6,8H2,1-2H3,(H,15,19). The SMILES string of the molecule is CNC(=O)C(C)Sc1nnc(Cc2cccs2)n1C1CC1. The normalized spacial score (nSPS) is 15.9. The van der Waals surface area contributed by atoms with Crippen molar-refractivity contribution in [3.05, 3.63) is 28.2 Å².